The number of anilines is 2. The standard InChI is InChI=1S/C23H24N2O5S/c1-16-7-4-5-10-22(16)30-17(2)23(26)24-18-11-13-21(14-12-18)31(27,28)25-19-8-6-9-20(15-19)29-3/h4-15,17,25H,1-3H3,(H,24,26)/t17-/m1/s1. The molecular formula is C23H24N2O5S. The maximum Gasteiger partial charge on any atom is 0.265 e. The first-order valence-corrected chi connectivity index (χ1v) is 11.1. The lowest BCUT2D eigenvalue weighted by Crippen LogP contribution is -2.30. The highest BCUT2D eigenvalue weighted by Gasteiger charge is 2.18. The molecule has 1 atom stereocenters. The molecule has 0 bridgehead atoms. The second-order valence-corrected chi connectivity index (χ2v) is 8.56. The number of para-hydroxylation sites is 1. The normalized spacial score (nSPS) is 12.0. The van der Waals surface area contributed by atoms with Gasteiger partial charge in [0.05, 0.1) is 17.7 Å². The third-order valence-electron chi connectivity index (χ3n) is 4.52. The number of benzene rings is 3. The first kappa shape index (κ1) is 22.2. The molecule has 8 heteroatoms. The van der Waals surface area contributed by atoms with Crippen molar-refractivity contribution >= 4 is 27.3 Å². The van der Waals surface area contributed by atoms with Crippen LogP contribution in [0.1, 0.15) is 12.5 Å². The van der Waals surface area contributed by atoms with Crippen molar-refractivity contribution in [1.82, 2.24) is 0 Å². The van der Waals surface area contributed by atoms with Crippen molar-refractivity contribution in [3.05, 3.63) is 78.4 Å². The molecule has 0 fully saturated rings. The third kappa shape index (κ3) is 5.76. The van der Waals surface area contributed by atoms with E-state index in [0.717, 1.165) is 5.56 Å². The summed E-state index contributed by atoms with van der Waals surface area (Å²) in [6, 6.07) is 20.0. The van der Waals surface area contributed by atoms with Gasteiger partial charge in [0.2, 0.25) is 0 Å². The lowest BCUT2D eigenvalue weighted by Gasteiger charge is -2.16. The van der Waals surface area contributed by atoms with Gasteiger partial charge in [0.1, 0.15) is 11.5 Å². The Balaban J connectivity index is 1.65. The van der Waals surface area contributed by atoms with Crippen molar-refractivity contribution in [2.24, 2.45) is 0 Å². The number of sulfonamides is 1. The predicted octanol–water partition coefficient (Wildman–Crippen LogP) is 4.21. The molecule has 3 aromatic rings. The number of rotatable bonds is 8. The summed E-state index contributed by atoms with van der Waals surface area (Å²) in [5, 5.41) is 2.73. The number of methoxy groups -OCH3 is 1. The molecule has 0 aliphatic carbocycles. The van der Waals surface area contributed by atoms with Crippen molar-refractivity contribution < 1.29 is 22.7 Å². The highest BCUT2D eigenvalue weighted by Crippen LogP contribution is 2.22. The second kappa shape index (κ2) is 9.53. The minimum absolute atomic E-state index is 0.0672. The van der Waals surface area contributed by atoms with E-state index in [-0.39, 0.29) is 10.8 Å². The smallest absolute Gasteiger partial charge is 0.265 e. The molecule has 0 aliphatic rings. The minimum atomic E-state index is -3.79. The Kier molecular flexibility index (Phi) is 6.81. The van der Waals surface area contributed by atoms with Crippen LogP contribution in [0.15, 0.2) is 77.7 Å². The Hall–Kier alpha value is -3.52. The van der Waals surface area contributed by atoms with Gasteiger partial charge in [0.25, 0.3) is 15.9 Å². The average Bonchev–Trinajstić information content (AvgIpc) is 2.75. The summed E-state index contributed by atoms with van der Waals surface area (Å²) in [5.41, 5.74) is 1.78. The number of ether oxygens (including phenoxy) is 2. The molecule has 0 heterocycles. The number of carbonyl (C=O) groups is 1. The van der Waals surface area contributed by atoms with Crippen LogP contribution >= 0.6 is 0 Å². The number of aryl methyl sites for hydroxylation is 1. The first-order chi connectivity index (χ1) is 14.8. The van der Waals surface area contributed by atoms with E-state index >= 15 is 0 Å². The maximum absolute atomic E-state index is 12.6. The van der Waals surface area contributed by atoms with E-state index in [1.54, 1.807) is 37.3 Å². The summed E-state index contributed by atoms with van der Waals surface area (Å²) < 4.78 is 38.6. The summed E-state index contributed by atoms with van der Waals surface area (Å²) in [5.74, 6) is 0.837. The third-order valence-corrected chi connectivity index (χ3v) is 5.92. The molecule has 3 rings (SSSR count). The van der Waals surface area contributed by atoms with Gasteiger partial charge in [0, 0.05) is 11.8 Å². The molecule has 0 aliphatic heterocycles. The first-order valence-electron chi connectivity index (χ1n) is 9.58. The van der Waals surface area contributed by atoms with Gasteiger partial charge >= 0.3 is 0 Å². The Morgan fingerprint density at radius 3 is 2.32 bits per heavy atom. The SMILES string of the molecule is COc1cccc(NS(=O)(=O)c2ccc(NC(=O)[C@@H](C)Oc3ccccc3C)cc2)c1. The van der Waals surface area contributed by atoms with E-state index in [0.29, 0.717) is 22.9 Å². The van der Waals surface area contributed by atoms with Crippen LogP contribution in [-0.4, -0.2) is 27.5 Å². The largest absolute Gasteiger partial charge is 0.497 e. The topological polar surface area (TPSA) is 93.7 Å². The fourth-order valence-electron chi connectivity index (χ4n) is 2.79. The van der Waals surface area contributed by atoms with Crippen molar-refractivity contribution in [3.63, 3.8) is 0 Å². The van der Waals surface area contributed by atoms with E-state index in [2.05, 4.69) is 10.0 Å². The molecule has 7 nitrogen and oxygen atoms in total. The van der Waals surface area contributed by atoms with Gasteiger partial charge < -0.3 is 14.8 Å². The molecule has 0 saturated heterocycles. The zero-order valence-electron chi connectivity index (χ0n) is 17.5. The summed E-state index contributed by atoms with van der Waals surface area (Å²) >= 11 is 0. The van der Waals surface area contributed by atoms with E-state index in [4.69, 9.17) is 9.47 Å². The van der Waals surface area contributed by atoms with Gasteiger partial charge in [-0.3, -0.25) is 9.52 Å². The Morgan fingerprint density at radius 2 is 1.65 bits per heavy atom. The quantitative estimate of drug-likeness (QED) is 0.547. The van der Waals surface area contributed by atoms with Crippen molar-refractivity contribution in [2.75, 3.05) is 17.1 Å². The zero-order chi connectivity index (χ0) is 22.4. The lowest BCUT2D eigenvalue weighted by molar-refractivity contribution is -0.122. The average molecular weight is 441 g/mol. The molecule has 162 valence electrons. The minimum Gasteiger partial charge on any atom is -0.497 e. The van der Waals surface area contributed by atoms with Crippen LogP contribution in [0.5, 0.6) is 11.5 Å². The molecule has 1 amide bonds. The fraction of sp³-hybridized carbons (Fsp3) is 0.174. The van der Waals surface area contributed by atoms with Gasteiger partial charge in [0.15, 0.2) is 6.10 Å². The van der Waals surface area contributed by atoms with Crippen molar-refractivity contribution in [1.29, 1.82) is 0 Å². The summed E-state index contributed by atoms with van der Waals surface area (Å²) in [6.07, 6.45) is -0.723. The number of nitrogens with one attached hydrogen (secondary N) is 2. The van der Waals surface area contributed by atoms with E-state index in [1.165, 1.54) is 31.4 Å². The summed E-state index contributed by atoms with van der Waals surface area (Å²) in [4.78, 5) is 12.5. The monoisotopic (exact) mass is 440 g/mol. The molecule has 0 aromatic heterocycles. The highest BCUT2D eigenvalue weighted by molar-refractivity contribution is 7.92. The predicted molar refractivity (Wildman–Crippen MR) is 120 cm³/mol. The van der Waals surface area contributed by atoms with Crippen LogP contribution in [0.2, 0.25) is 0 Å². The van der Waals surface area contributed by atoms with E-state index in [9.17, 15) is 13.2 Å². The number of carbonyl (C=O) groups excluding carboxylic acids is 1. The Morgan fingerprint density at radius 1 is 0.935 bits per heavy atom. The second-order valence-electron chi connectivity index (χ2n) is 6.88. The molecule has 0 saturated carbocycles. The van der Waals surface area contributed by atoms with Gasteiger partial charge in [-0.15, -0.1) is 0 Å². The van der Waals surface area contributed by atoms with E-state index < -0.39 is 16.1 Å². The summed E-state index contributed by atoms with van der Waals surface area (Å²) in [7, 11) is -2.28. The van der Waals surface area contributed by atoms with Gasteiger partial charge in [-0.2, -0.15) is 0 Å². The van der Waals surface area contributed by atoms with Gasteiger partial charge in [-0.25, -0.2) is 8.42 Å². The number of hydrogen-bond acceptors (Lipinski definition) is 5. The molecule has 2 N–H and O–H groups in total. The summed E-state index contributed by atoms with van der Waals surface area (Å²) in [6.45, 7) is 3.55. The zero-order valence-corrected chi connectivity index (χ0v) is 18.3. The molecule has 0 unspecified atom stereocenters. The van der Waals surface area contributed by atoms with Gasteiger partial charge in [-0.1, -0.05) is 24.3 Å². The Bertz CT molecular complexity index is 1160. The molecular weight excluding hydrogens is 416 g/mol. The van der Waals surface area contributed by atoms with Crippen LogP contribution in [0.25, 0.3) is 0 Å². The number of hydrogen-bond donors (Lipinski definition) is 2. The van der Waals surface area contributed by atoms with Crippen LogP contribution < -0.4 is 19.5 Å². The Labute approximate surface area is 182 Å². The van der Waals surface area contributed by atoms with Crippen LogP contribution in [0.4, 0.5) is 11.4 Å². The van der Waals surface area contributed by atoms with Gasteiger partial charge in [-0.05, 0) is 61.9 Å². The van der Waals surface area contributed by atoms with Crippen molar-refractivity contribution in [2.45, 2.75) is 24.8 Å². The maximum atomic E-state index is 12.6. The van der Waals surface area contributed by atoms with Crippen LogP contribution in [0, 0.1) is 6.92 Å². The van der Waals surface area contributed by atoms with Crippen LogP contribution in [0.3, 0.4) is 0 Å². The highest BCUT2D eigenvalue weighted by atomic mass is 32.2. The molecule has 0 radical (unpaired) electrons. The van der Waals surface area contributed by atoms with Crippen molar-refractivity contribution in [3.8, 4) is 11.5 Å². The number of amides is 1. The van der Waals surface area contributed by atoms with E-state index in [1.807, 2.05) is 25.1 Å². The molecule has 3 aromatic carbocycles. The fourth-order valence-corrected chi connectivity index (χ4v) is 3.84. The van der Waals surface area contributed by atoms with Crippen LogP contribution in [-0.2, 0) is 14.8 Å². The lowest BCUT2D eigenvalue weighted by atomic mass is 10.2. The molecule has 0 spiro atoms. The molecule has 31 heavy (non-hydrogen) atoms.